The number of hydrogen-bond donors (Lipinski definition) is 2. The molecule has 3 rings (SSSR count). The van der Waals surface area contributed by atoms with Crippen LogP contribution in [0.15, 0.2) is 42.6 Å². The van der Waals surface area contributed by atoms with E-state index in [0.717, 1.165) is 31.9 Å². The van der Waals surface area contributed by atoms with Gasteiger partial charge in [0.15, 0.2) is 0 Å². The molecule has 1 fully saturated rings. The highest BCUT2D eigenvalue weighted by atomic mass is 35.5. The summed E-state index contributed by atoms with van der Waals surface area (Å²) in [5, 5.41) is 16.7. The number of anilines is 2. The number of nitrogens with one attached hydrogen (secondary N) is 2. The zero-order valence-corrected chi connectivity index (χ0v) is 14.9. The minimum atomic E-state index is -0.465. The van der Waals surface area contributed by atoms with E-state index in [0.29, 0.717) is 11.4 Å². The first kappa shape index (κ1) is 19.6. The van der Waals surface area contributed by atoms with Crippen LogP contribution in [0.1, 0.15) is 5.56 Å². The quantitative estimate of drug-likeness (QED) is 0.610. The van der Waals surface area contributed by atoms with Crippen LogP contribution in [-0.2, 0) is 11.2 Å². The molecule has 0 atom stereocenters. The van der Waals surface area contributed by atoms with Crippen LogP contribution in [0.25, 0.3) is 0 Å². The number of hydrogen-bond acceptors (Lipinski definition) is 6. The van der Waals surface area contributed by atoms with Gasteiger partial charge >= 0.3 is 0 Å². The van der Waals surface area contributed by atoms with E-state index in [2.05, 4.69) is 20.5 Å². The summed E-state index contributed by atoms with van der Waals surface area (Å²) in [6.07, 6.45) is 1.89. The molecule has 0 unspecified atom stereocenters. The summed E-state index contributed by atoms with van der Waals surface area (Å²) in [5.41, 5.74) is 1.75. The molecule has 8 nitrogen and oxygen atoms in total. The Morgan fingerprint density at radius 1 is 1.19 bits per heavy atom. The van der Waals surface area contributed by atoms with E-state index in [1.54, 1.807) is 24.4 Å². The highest BCUT2D eigenvalue weighted by Crippen LogP contribution is 2.16. The van der Waals surface area contributed by atoms with E-state index >= 15 is 0 Å². The maximum atomic E-state index is 12.1. The molecule has 26 heavy (non-hydrogen) atoms. The number of nitro groups is 1. The summed E-state index contributed by atoms with van der Waals surface area (Å²) in [6, 6.07) is 9.68. The van der Waals surface area contributed by atoms with Crippen molar-refractivity contribution in [2.45, 2.75) is 6.42 Å². The molecule has 0 spiro atoms. The smallest absolute Gasteiger partial charge is 0.269 e. The molecular weight excluding hydrogens is 358 g/mol. The molecule has 2 N–H and O–H groups in total. The van der Waals surface area contributed by atoms with Crippen molar-refractivity contribution < 1.29 is 9.72 Å². The van der Waals surface area contributed by atoms with Crippen LogP contribution in [0.2, 0.25) is 0 Å². The molecule has 9 heteroatoms. The minimum Gasteiger partial charge on any atom is -0.368 e. The number of halogens is 1. The fraction of sp³-hybridized carbons (Fsp3) is 0.294. The summed E-state index contributed by atoms with van der Waals surface area (Å²) in [6.45, 7) is 3.78. The SMILES string of the molecule is Cl.O=C(Cc1ccc([N+](=O)[O-])cc1)Nc1ccc(N2CCNCC2)cn1. The number of rotatable bonds is 5. The lowest BCUT2D eigenvalue weighted by Crippen LogP contribution is -2.43. The van der Waals surface area contributed by atoms with E-state index in [4.69, 9.17) is 0 Å². The predicted molar refractivity (Wildman–Crippen MR) is 102 cm³/mol. The number of carbonyl (C=O) groups is 1. The van der Waals surface area contributed by atoms with Gasteiger partial charge in [0.2, 0.25) is 5.91 Å². The summed E-state index contributed by atoms with van der Waals surface area (Å²) in [7, 11) is 0. The third-order valence-electron chi connectivity index (χ3n) is 4.01. The van der Waals surface area contributed by atoms with Gasteiger partial charge in [0.05, 0.1) is 23.2 Å². The monoisotopic (exact) mass is 377 g/mol. The summed E-state index contributed by atoms with van der Waals surface area (Å²) >= 11 is 0. The van der Waals surface area contributed by atoms with Gasteiger partial charge in [0.1, 0.15) is 5.82 Å². The standard InChI is InChI=1S/C17H19N5O3.ClH/c23-17(11-13-1-3-14(4-2-13)22(24)25)20-16-6-5-15(12-19-16)21-9-7-18-8-10-21;/h1-6,12,18H,7-11H2,(H,19,20,23);1H. The van der Waals surface area contributed by atoms with E-state index in [9.17, 15) is 14.9 Å². The first-order valence-corrected chi connectivity index (χ1v) is 8.07. The second-order valence-corrected chi connectivity index (χ2v) is 5.79. The normalized spacial score (nSPS) is 13.6. The van der Waals surface area contributed by atoms with Crippen LogP contribution in [0.5, 0.6) is 0 Å². The number of benzene rings is 1. The van der Waals surface area contributed by atoms with Gasteiger partial charge in [-0.3, -0.25) is 14.9 Å². The number of aromatic nitrogens is 1. The number of nitro benzene ring substituents is 1. The molecule has 2 aromatic rings. The largest absolute Gasteiger partial charge is 0.368 e. The lowest BCUT2D eigenvalue weighted by atomic mass is 10.1. The minimum absolute atomic E-state index is 0. The molecule has 1 aromatic heterocycles. The Morgan fingerprint density at radius 2 is 1.88 bits per heavy atom. The van der Waals surface area contributed by atoms with Crippen molar-refractivity contribution in [2.24, 2.45) is 0 Å². The van der Waals surface area contributed by atoms with Crippen molar-refractivity contribution in [2.75, 3.05) is 36.4 Å². The van der Waals surface area contributed by atoms with Crippen molar-refractivity contribution >= 4 is 35.5 Å². The average molecular weight is 378 g/mol. The van der Waals surface area contributed by atoms with Gasteiger partial charge in [0, 0.05) is 38.3 Å². The van der Waals surface area contributed by atoms with Gasteiger partial charge in [-0.2, -0.15) is 0 Å². The van der Waals surface area contributed by atoms with Crippen molar-refractivity contribution in [1.82, 2.24) is 10.3 Å². The molecule has 138 valence electrons. The number of nitrogens with zero attached hydrogens (tertiary/aromatic N) is 3. The Hall–Kier alpha value is -2.71. The molecule has 2 heterocycles. The third kappa shape index (κ3) is 5.14. The zero-order valence-electron chi connectivity index (χ0n) is 14.1. The van der Waals surface area contributed by atoms with Gasteiger partial charge in [-0.25, -0.2) is 4.98 Å². The number of amides is 1. The molecule has 1 aliphatic heterocycles. The second kappa shape index (κ2) is 9.12. The maximum Gasteiger partial charge on any atom is 0.269 e. The predicted octanol–water partition coefficient (Wildman–Crippen LogP) is 2.00. The van der Waals surface area contributed by atoms with Crippen molar-refractivity contribution in [3.63, 3.8) is 0 Å². The fourth-order valence-electron chi connectivity index (χ4n) is 2.68. The van der Waals surface area contributed by atoms with Gasteiger partial charge in [-0.1, -0.05) is 12.1 Å². The highest BCUT2D eigenvalue weighted by Gasteiger charge is 2.12. The molecular formula is C17H20ClN5O3. The Kier molecular flexibility index (Phi) is 6.88. The first-order chi connectivity index (χ1) is 12.1. The zero-order chi connectivity index (χ0) is 17.6. The van der Waals surface area contributed by atoms with Crippen LogP contribution < -0.4 is 15.5 Å². The van der Waals surface area contributed by atoms with Crippen LogP contribution in [-0.4, -0.2) is 42.0 Å². The van der Waals surface area contributed by atoms with E-state index in [1.165, 1.54) is 12.1 Å². The van der Waals surface area contributed by atoms with Crippen molar-refractivity contribution in [3.8, 4) is 0 Å². The lowest BCUT2D eigenvalue weighted by Gasteiger charge is -2.29. The van der Waals surface area contributed by atoms with E-state index in [-0.39, 0.29) is 30.4 Å². The van der Waals surface area contributed by atoms with Gasteiger partial charge in [0.25, 0.3) is 5.69 Å². The maximum absolute atomic E-state index is 12.1. The average Bonchev–Trinajstić information content (AvgIpc) is 2.63. The topological polar surface area (TPSA) is 100 Å². The molecule has 0 radical (unpaired) electrons. The van der Waals surface area contributed by atoms with Crippen LogP contribution in [0, 0.1) is 10.1 Å². The lowest BCUT2D eigenvalue weighted by molar-refractivity contribution is -0.384. The van der Waals surface area contributed by atoms with Crippen LogP contribution >= 0.6 is 12.4 Å². The Balaban J connectivity index is 0.00000243. The summed E-state index contributed by atoms with van der Waals surface area (Å²) in [4.78, 5) is 28.8. The number of non-ortho nitro benzene ring substituents is 1. The van der Waals surface area contributed by atoms with E-state index in [1.807, 2.05) is 6.07 Å². The number of piperazine rings is 1. The number of carbonyl (C=O) groups excluding carboxylic acids is 1. The Labute approximate surface area is 157 Å². The van der Waals surface area contributed by atoms with Crippen molar-refractivity contribution in [1.29, 1.82) is 0 Å². The molecule has 1 amide bonds. The third-order valence-corrected chi connectivity index (χ3v) is 4.01. The van der Waals surface area contributed by atoms with Gasteiger partial charge in [-0.15, -0.1) is 12.4 Å². The molecule has 0 bridgehead atoms. The molecule has 1 aliphatic rings. The van der Waals surface area contributed by atoms with E-state index < -0.39 is 4.92 Å². The summed E-state index contributed by atoms with van der Waals surface area (Å²) < 4.78 is 0. The highest BCUT2D eigenvalue weighted by molar-refractivity contribution is 5.91. The Morgan fingerprint density at radius 3 is 2.46 bits per heavy atom. The van der Waals surface area contributed by atoms with Crippen LogP contribution in [0.3, 0.4) is 0 Å². The summed E-state index contributed by atoms with van der Waals surface area (Å²) in [5.74, 6) is 0.280. The first-order valence-electron chi connectivity index (χ1n) is 8.07. The molecule has 1 aromatic carbocycles. The molecule has 0 saturated carbocycles. The van der Waals surface area contributed by atoms with Gasteiger partial charge < -0.3 is 15.5 Å². The molecule has 1 saturated heterocycles. The fourth-order valence-corrected chi connectivity index (χ4v) is 2.68. The number of pyridine rings is 1. The van der Waals surface area contributed by atoms with Crippen LogP contribution in [0.4, 0.5) is 17.2 Å². The Bertz CT molecular complexity index is 746. The second-order valence-electron chi connectivity index (χ2n) is 5.79. The van der Waals surface area contributed by atoms with Crippen molar-refractivity contribution in [3.05, 3.63) is 58.3 Å². The molecule has 0 aliphatic carbocycles. The van der Waals surface area contributed by atoms with Gasteiger partial charge in [-0.05, 0) is 17.7 Å².